The minimum atomic E-state index is 0. The van der Waals surface area contributed by atoms with E-state index in [9.17, 15) is 0 Å². The molecule has 6 nitrogen and oxygen atoms in total. The van der Waals surface area contributed by atoms with E-state index in [-0.39, 0.29) is 30.1 Å². The van der Waals surface area contributed by atoms with E-state index >= 15 is 0 Å². The van der Waals surface area contributed by atoms with E-state index in [1.807, 2.05) is 17.1 Å². The molecule has 0 amide bonds. The van der Waals surface area contributed by atoms with Crippen molar-refractivity contribution >= 4 is 29.9 Å². The van der Waals surface area contributed by atoms with Gasteiger partial charge >= 0.3 is 0 Å². The first kappa shape index (κ1) is 24.3. The fourth-order valence-corrected chi connectivity index (χ4v) is 2.97. The maximum absolute atomic E-state index is 6.22. The van der Waals surface area contributed by atoms with Crippen molar-refractivity contribution in [2.45, 2.75) is 53.3 Å². The number of halogens is 1. The summed E-state index contributed by atoms with van der Waals surface area (Å²) in [4.78, 5) is 8.35. The lowest BCUT2D eigenvalue weighted by Crippen LogP contribution is -2.38. The first-order chi connectivity index (χ1) is 13.0. The standard InChI is InChI=1S/C21H33N5O.HI/c1-16(2)12-18(4)27-20-13-17(3)6-7-19(20)14-25-21(22-5)24-9-11-26-10-8-23-15-26;/h6-8,10,13,15-16,18H,9,11-12,14H2,1-5H3,(H2,22,24,25);1H. The van der Waals surface area contributed by atoms with Crippen LogP contribution in [0.3, 0.4) is 0 Å². The Kier molecular flexibility index (Phi) is 11.0. The lowest BCUT2D eigenvalue weighted by atomic mass is 10.1. The van der Waals surface area contributed by atoms with Gasteiger partial charge in [-0.1, -0.05) is 26.0 Å². The molecular formula is C21H34IN5O. The molecule has 0 radical (unpaired) electrons. The third-order valence-electron chi connectivity index (χ3n) is 4.25. The summed E-state index contributed by atoms with van der Waals surface area (Å²) in [6, 6.07) is 6.35. The molecule has 1 atom stereocenters. The van der Waals surface area contributed by atoms with Gasteiger partial charge in [-0.3, -0.25) is 4.99 Å². The molecule has 2 rings (SSSR count). The Hall–Kier alpha value is -1.77. The summed E-state index contributed by atoms with van der Waals surface area (Å²) in [6.45, 7) is 10.9. The van der Waals surface area contributed by atoms with Crippen molar-refractivity contribution in [1.82, 2.24) is 20.2 Å². The summed E-state index contributed by atoms with van der Waals surface area (Å²) in [7, 11) is 1.78. The molecule has 0 aliphatic heterocycles. The Bertz CT molecular complexity index is 716. The SMILES string of the molecule is CN=C(NCCn1ccnc1)NCc1ccc(C)cc1OC(C)CC(C)C.I. The summed E-state index contributed by atoms with van der Waals surface area (Å²) in [6.07, 6.45) is 6.78. The number of benzene rings is 1. The number of aliphatic imine (C=N–C) groups is 1. The van der Waals surface area contributed by atoms with Gasteiger partial charge in [-0.2, -0.15) is 0 Å². The number of hydrogen-bond acceptors (Lipinski definition) is 3. The van der Waals surface area contributed by atoms with E-state index in [4.69, 9.17) is 4.74 Å². The van der Waals surface area contributed by atoms with Crippen molar-refractivity contribution < 1.29 is 4.74 Å². The Labute approximate surface area is 186 Å². The van der Waals surface area contributed by atoms with E-state index in [1.54, 1.807) is 13.2 Å². The highest BCUT2D eigenvalue weighted by molar-refractivity contribution is 14.0. The van der Waals surface area contributed by atoms with Gasteiger partial charge in [-0.05, 0) is 37.8 Å². The van der Waals surface area contributed by atoms with Crippen LogP contribution in [-0.2, 0) is 13.1 Å². The highest BCUT2D eigenvalue weighted by atomic mass is 127. The molecule has 1 unspecified atom stereocenters. The predicted molar refractivity (Wildman–Crippen MR) is 127 cm³/mol. The molecule has 0 saturated carbocycles. The third-order valence-corrected chi connectivity index (χ3v) is 4.25. The summed E-state index contributed by atoms with van der Waals surface area (Å²) >= 11 is 0. The fourth-order valence-electron chi connectivity index (χ4n) is 2.97. The molecule has 0 saturated heterocycles. The number of nitrogens with one attached hydrogen (secondary N) is 2. The van der Waals surface area contributed by atoms with Crippen LogP contribution in [0.25, 0.3) is 0 Å². The number of guanidine groups is 1. The monoisotopic (exact) mass is 499 g/mol. The number of hydrogen-bond donors (Lipinski definition) is 2. The molecule has 0 spiro atoms. The zero-order valence-electron chi connectivity index (χ0n) is 17.6. The fraction of sp³-hybridized carbons (Fsp3) is 0.524. The van der Waals surface area contributed by atoms with Crippen molar-refractivity contribution in [3.05, 3.63) is 48.0 Å². The van der Waals surface area contributed by atoms with E-state index in [1.165, 1.54) is 5.56 Å². The van der Waals surface area contributed by atoms with Gasteiger partial charge in [0.05, 0.1) is 12.4 Å². The van der Waals surface area contributed by atoms with Crippen molar-refractivity contribution in [3.63, 3.8) is 0 Å². The van der Waals surface area contributed by atoms with Crippen molar-refractivity contribution in [3.8, 4) is 5.75 Å². The minimum Gasteiger partial charge on any atom is -0.490 e. The average Bonchev–Trinajstić information content (AvgIpc) is 3.12. The number of ether oxygens (including phenoxy) is 1. The quantitative estimate of drug-likeness (QED) is 0.311. The summed E-state index contributed by atoms with van der Waals surface area (Å²) < 4.78 is 8.25. The van der Waals surface area contributed by atoms with E-state index < -0.39 is 0 Å². The second-order valence-corrected chi connectivity index (χ2v) is 7.32. The number of rotatable bonds is 9. The van der Waals surface area contributed by atoms with Crippen LogP contribution in [0.15, 0.2) is 41.9 Å². The van der Waals surface area contributed by atoms with Gasteiger partial charge in [-0.25, -0.2) is 4.98 Å². The Morgan fingerprint density at radius 2 is 2.04 bits per heavy atom. The van der Waals surface area contributed by atoms with Gasteiger partial charge in [0.25, 0.3) is 0 Å². The van der Waals surface area contributed by atoms with Gasteiger partial charge in [0.1, 0.15) is 5.75 Å². The predicted octanol–water partition coefficient (Wildman–Crippen LogP) is 3.99. The van der Waals surface area contributed by atoms with Crippen LogP contribution < -0.4 is 15.4 Å². The van der Waals surface area contributed by atoms with Crippen LogP contribution in [0.1, 0.15) is 38.3 Å². The molecular weight excluding hydrogens is 465 g/mol. The minimum absolute atomic E-state index is 0. The van der Waals surface area contributed by atoms with Crippen molar-refractivity contribution in [1.29, 1.82) is 0 Å². The highest BCUT2D eigenvalue weighted by Gasteiger charge is 2.11. The third kappa shape index (κ3) is 8.50. The molecule has 2 aromatic rings. The van der Waals surface area contributed by atoms with Crippen molar-refractivity contribution in [2.75, 3.05) is 13.6 Å². The molecule has 0 aliphatic rings. The molecule has 156 valence electrons. The van der Waals surface area contributed by atoms with Crippen LogP contribution in [0.2, 0.25) is 0 Å². The van der Waals surface area contributed by atoms with Crippen LogP contribution in [0.4, 0.5) is 0 Å². The molecule has 0 aliphatic carbocycles. The average molecular weight is 499 g/mol. The molecule has 7 heteroatoms. The van der Waals surface area contributed by atoms with Crippen LogP contribution in [0.5, 0.6) is 5.75 Å². The van der Waals surface area contributed by atoms with Gasteiger partial charge in [0, 0.05) is 44.6 Å². The Balaban J connectivity index is 0.00000392. The number of nitrogens with zero attached hydrogens (tertiary/aromatic N) is 3. The second kappa shape index (κ2) is 12.6. The maximum Gasteiger partial charge on any atom is 0.191 e. The highest BCUT2D eigenvalue weighted by Crippen LogP contribution is 2.23. The Morgan fingerprint density at radius 1 is 1.25 bits per heavy atom. The van der Waals surface area contributed by atoms with Crippen molar-refractivity contribution in [2.24, 2.45) is 10.9 Å². The van der Waals surface area contributed by atoms with Crippen LogP contribution in [0, 0.1) is 12.8 Å². The lowest BCUT2D eigenvalue weighted by Gasteiger charge is -2.20. The van der Waals surface area contributed by atoms with Crippen LogP contribution in [-0.4, -0.2) is 35.2 Å². The summed E-state index contributed by atoms with van der Waals surface area (Å²) in [5.74, 6) is 2.34. The number of aromatic nitrogens is 2. The molecule has 28 heavy (non-hydrogen) atoms. The number of aryl methyl sites for hydroxylation is 1. The smallest absolute Gasteiger partial charge is 0.191 e. The molecule has 0 bridgehead atoms. The Morgan fingerprint density at radius 3 is 2.68 bits per heavy atom. The van der Waals surface area contributed by atoms with Gasteiger partial charge in [0.2, 0.25) is 0 Å². The van der Waals surface area contributed by atoms with E-state index in [0.717, 1.165) is 36.8 Å². The molecule has 1 heterocycles. The maximum atomic E-state index is 6.22. The van der Waals surface area contributed by atoms with E-state index in [0.29, 0.717) is 12.5 Å². The largest absolute Gasteiger partial charge is 0.490 e. The topological polar surface area (TPSA) is 63.5 Å². The van der Waals surface area contributed by atoms with Gasteiger partial charge in [0.15, 0.2) is 5.96 Å². The normalized spacial score (nSPS) is 12.4. The first-order valence-corrected chi connectivity index (χ1v) is 9.64. The summed E-state index contributed by atoms with van der Waals surface area (Å²) in [5, 5.41) is 6.70. The molecule has 2 N–H and O–H groups in total. The molecule has 0 fully saturated rings. The van der Waals surface area contributed by atoms with E-state index in [2.05, 4.69) is 66.5 Å². The first-order valence-electron chi connectivity index (χ1n) is 9.64. The second-order valence-electron chi connectivity index (χ2n) is 7.32. The summed E-state index contributed by atoms with van der Waals surface area (Å²) in [5.41, 5.74) is 2.34. The van der Waals surface area contributed by atoms with Gasteiger partial charge < -0.3 is 19.9 Å². The van der Waals surface area contributed by atoms with Crippen LogP contribution >= 0.6 is 24.0 Å². The molecule has 1 aromatic heterocycles. The lowest BCUT2D eigenvalue weighted by molar-refractivity contribution is 0.191. The van der Waals surface area contributed by atoms with Gasteiger partial charge in [-0.15, -0.1) is 24.0 Å². The molecule has 1 aromatic carbocycles. The zero-order chi connectivity index (χ0) is 19.6. The zero-order valence-corrected chi connectivity index (χ0v) is 19.9. The number of imidazole rings is 1.